The van der Waals surface area contributed by atoms with Crippen molar-refractivity contribution in [3.8, 4) is 0 Å². The molecule has 1 aliphatic rings. The number of aromatic nitrogens is 2. The maximum Gasteiger partial charge on any atom is 0.248 e. The number of nitrogens with two attached hydrogens (primary N) is 1. The van der Waals surface area contributed by atoms with Crippen molar-refractivity contribution in [2.75, 3.05) is 16.8 Å². The zero-order valence-corrected chi connectivity index (χ0v) is 14.6. The Kier molecular flexibility index (Phi) is 4.42. The number of primary amides is 1. The summed E-state index contributed by atoms with van der Waals surface area (Å²) in [5.74, 6) is 0.190. The van der Waals surface area contributed by atoms with Crippen LogP contribution in [0.2, 0.25) is 0 Å². The fourth-order valence-electron chi connectivity index (χ4n) is 3.46. The van der Waals surface area contributed by atoms with Crippen molar-refractivity contribution >= 4 is 34.2 Å². The summed E-state index contributed by atoms with van der Waals surface area (Å²) in [6, 6.07) is 14.0. The van der Waals surface area contributed by atoms with Crippen molar-refractivity contribution in [3.05, 3.63) is 60.4 Å². The van der Waals surface area contributed by atoms with E-state index in [0.29, 0.717) is 11.3 Å². The van der Waals surface area contributed by atoms with Gasteiger partial charge in [-0.05, 0) is 49.2 Å². The Morgan fingerprint density at radius 2 is 1.85 bits per heavy atom. The molecule has 136 valence electrons. The van der Waals surface area contributed by atoms with Crippen LogP contribution in [0.15, 0.2) is 54.9 Å². The van der Waals surface area contributed by atoms with Crippen LogP contribution in [-0.4, -0.2) is 34.4 Å². The first-order valence-electron chi connectivity index (χ1n) is 8.80. The lowest BCUT2D eigenvalue weighted by Crippen LogP contribution is -2.40. The van der Waals surface area contributed by atoms with Crippen LogP contribution >= 0.6 is 0 Å². The van der Waals surface area contributed by atoms with Gasteiger partial charge in [0.15, 0.2) is 0 Å². The molecule has 1 fully saturated rings. The molecule has 3 N–H and O–H groups in total. The Hall–Kier alpha value is -3.48. The third-order valence-corrected chi connectivity index (χ3v) is 4.79. The SMILES string of the molecule is NC(=O)c1ccc(NC(=O)[C@@H]2CCCN2c2ncnc3ccccc23)cc1. The number of carbonyl (C=O) groups is 2. The number of anilines is 2. The van der Waals surface area contributed by atoms with E-state index >= 15 is 0 Å². The molecule has 1 atom stereocenters. The van der Waals surface area contributed by atoms with Crippen LogP contribution in [0.5, 0.6) is 0 Å². The molecule has 7 heteroatoms. The molecule has 0 radical (unpaired) electrons. The summed E-state index contributed by atoms with van der Waals surface area (Å²) in [5.41, 5.74) is 7.14. The van der Waals surface area contributed by atoms with E-state index < -0.39 is 5.91 Å². The lowest BCUT2D eigenvalue weighted by Gasteiger charge is -2.25. The fraction of sp³-hybridized carbons (Fsp3) is 0.200. The van der Waals surface area contributed by atoms with E-state index in [1.807, 2.05) is 29.2 Å². The molecule has 0 aliphatic carbocycles. The number of para-hydroxylation sites is 1. The minimum Gasteiger partial charge on any atom is -0.366 e. The minimum atomic E-state index is -0.495. The van der Waals surface area contributed by atoms with Crippen LogP contribution in [0.3, 0.4) is 0 Å². The van der Waals surface area contributed by atoms with E-state index in [2.05, 4.69) is 15.3 Å². The molecule has 1 saturated heterocycles. The first kappa shape index (κ1) is 17.0. The summed E-state index contributed by atoms with van der Waals surface area (Å²) in [4.78, 5) is 34.8. The predicted molar refractivity (Wildman–Crippen MR) is 103 cm³/mol. The van der Waals surface area contributed by atoms with E-state index in [9.17, 15) is 9.59 Å². The van der Waals surface area contributed by atoms with Gasteiger partial charge in [-0.2, -0.15) is 0 Å². The maximum absolute atomic E-state index is 12.9. The van der Waals surface area contributed by atoms with E-state index in [4.69, 9.17) is 5.73 Å². The van der Waals surface area contributed by atoms with Gasteiger partial charge < -0.3 is 16.0 Å². The minimum absolute atomic E-state index is 0.0954. The van der Waals surface area contributed by atoms with Crippen LogP contribution in [0.25, 0.3) is 10.9 Å². The highest BCUT2D eigenvalue weighted by molar-refractivity contribution is 6.00. The average molecular weight is 361 g/mol. The summed E-state index contributed by atoms with van der Waals surface area (Å²) in [6.07, 6.45) is 3.20. The summed E-state index contributed by atoms with van der Waals surface area (Å²) in [5, 5.41) is 3.86. The molecule has 7 nitrogen and oxygen atoms in total. The van der Waals surface area contributed by atoms with Gasteiger partial charge in [0.2, 0.25) is 11.8 Å². The third kappa shape index (κ3) is 3.31. The maximum atomic E-state index is 12.9. The molecule has 2 aromatic carbocycles. The lowest BCUT2D eigenvalue weighted by atomic mass is 10.1. The van der Waals surface area contributed by atoms with Crippen molar-refractivity contribution in [1.29, 1.82) is 0 Å². The number of fused-ring (bicyclic) bond motifs is 1. The van der Waals surface area contributed by atoms with Crippen molar-refractivity contribution < 1.29 is 9.59 Å². The Labute approximate surface area is 156 Å². The smallest absolute Gasteiger partial charge is 0.248 e. The monoisotopic (exact) mass is 361 g/mol. The lowest BCUT2D eigenvalue weighted by molar-refractivity contribution is -0.117. The summed E-state index contributed by atoms with van der Waals surface area (Å²) in [6.45, 7) is 0.764. The number of amides is 2. The summed E-state index contributed by atoms with van der Waals surface area (Å²) < 4.78 is 0. The molecule has 4 rings (SSSR count). The van der Waals surface area contributed by atoms with Gasteiger partial charge in [-0.3, -0.25) is 9.59 Å². The second kappa shape index (κ2) is 7.03. The van der Waals surface area contributed by atoms with Crippen LogP contribution in [-0.2, 0) is 4.79 Å². The standard InChI is InChI=1S/C20H19N5O2/c21-18(26)13-7-9-14(10-8-13)24-20(27)17-6-3-11-25(17)19-15-4-1-2-5-16(15)22-12-23-19/h1-2,4-5,7-10,12,17H,3,6,11H2,(H2,21,26)(H,24,27)/t17-/m0/s1. The van der Waals surface area contributed by atoms with Gasteiger partial charge >= 0.3 is 0 Å². The molecular weight excluding hydrogens is 342 g/mol. The second-order valence-corrected chi connectivity index (χ2v) is 6.50. The average Bonchev–Trinajstić information content (AvgIpc) is 3.18. The topological polar surface area (TPSA) is 101 Å². The quantitative estimate of drug-likeness (QED) is 0.743. The molecule has 2 amide bonds. The van der Waals surface area contributed by atoms with Crippen molar-refractivity contribution in [3.63, 3.8) is 0 Å². The Morgan fingerprint density at radius 3 is 2.63 bits per heavy atom. The van der Waals surface area contributed by atoms with E-state index in [1.165, 1.54) is 6.33 Å². The zero-order valence-electron chi connectivity index (χ0n) is 14.6. The largest absolute Gasteiger partial charge is 0.366 e. The molecular formula is C20H19N5O2. The summed E-state index contributed by atoms with van der Waals surface area (Å²) in [7, 11) is 0. The number of nitrogens with zero attached hydrogens (tertiary/aromatic N) is 3. The first-order chi connectivity index (χ1) is 13.1. The number of benzene rings is 2. The molecule has 0 spiro atoms. The van der Waals surface area contributed by atoms with Crippen LogP contribution in [0.4, 0.5) is 11.5 Å². The van der Waals surface area contributed by atoms with Gasteiger partial charge in [0, 0.05) is 23.2 Å². The van der Waals surface area contributed by atoms with Crippen LogP contribution in [0.1, 0.15) is 23.2 Å². The second-order valence-electron chi connectivity index (χ2n) is 6.50. The van der Waals surface area contributed by atoms with Crippen LogP contribution in [0, 0.1) is 0 Å². The van der Waals surface area contributed by atoms with Gasteiger partial charge in [0.1, 0.15) is 18.2 Å². The number of hydrogen-bond donors (Lipinski definition) is 2. The molecule has 0 unspecified atom stereocenters. The van der Waals surface area contributed by atoms with Gasteiger partial charge in [0.25, 0.3) is 0 Å². The Bertz CT molecular complexity index is 997. The third-order valence-electron chi connectivity index (χ3n) is 4.79. The van der Waals surface area contributed by atoms with Crippen molar-refractivity contribution in [2.24, 2.45) is 5.73 Å². The first-order valence-corrected chi connectivity index (χ1v) is 8.80. The molecule has 27 heavy (non-hydrogen) atoms. The molecule has 3 aromatic rings. The summed E-state index contributed by atoms with van der Waals surface area (Å²) >= 11 is 0. The Morgan fingerprint density at radius 1 is 1.07 bits per heavy atom. The van der Waals surface area contributed by atoms with Gasteiger partial charge in [-0.1, -0.05) is 12.1 Å². The molecule has 1 aromatic heterocycles. The molecule has 2 heterocycles. The fourth-order valence-corrected chi connectivity index (χ4v) is 3.46. The highest BCUT2D eigenvalue weighted by atomic mass is 16.2. The van der Waals surface area contributed by atoms with Crippen molar-refractivity contribution in [2.45, 2.75) is 18.9 Å². The predicted octanol–water partition coefficient (Wildman–Crippen LogP) is 2.34. The van der Waals surface area contributed by atoms with E-state index in [-0.39, 0.29) is 11.9 Å². The highest BCUT2D eigenvalue weighted by Crippen LogP contribution is 2.30. The normalized spacial score (nSPS) is 16.4. The number of rotatable bonds is 4. The van der Waals surface area contributed by atoms with Crippen molar-refractivity contribution in [1.82, 2.24) is 9.97 Å². The van der Waals surface area contributed by atoms with Gasteiger partial charge in [-0.15, -0.1) is 0 Å². The van der Waals surface area contributed by atoms with Gasteiger partial charge in [0.05, 0.1) is 5.52 Å². The van der Waals surface area contributed by atoms with Gasteiger partial charge in [-0.25, -0.2) is 9.97 Å². The Balaban J connectivity index is 1.57. The molecule has 0 bridgehead atoms. The number of hydrogen-bond acceptors (Lipinski definition) is 5. The van der Waals surface area contributed by atoms with E-state index in [0.717, 1.165) is 36.1 Å². The zero-order chi connectivity index (χ0) is 18.8. The molecule has 1 aliphatic heterocycles. The molecule has 0 saturated carbocycles. The number of nitrogens with one attached hydrogen (secondary N) is 1. The highest BCUT2D eigenvalue weighted by Gasteiger charge is 2.32. The number of carbonyl (C=O) groups excluding carboxylic acids is 2. The van der Waals surface area contributed by atoms with Crippen LogP contribution < -0.4 is 16.0 Å². The van der Waals surface area contributed by atoms with E-state index in [1.54, 1.807) is 24.3 Å².